The molecule has 1 atom stereocenters. The highest BCUT2D eigenvalue weighted by atomic mass is 35.5. The molecular weight excluding hydrogens is 512 g/mol. The van der Waals surface area contributed by atoms with Crippen molar-refractivity contribution in [3.63, 3.8) is 0 Å². The molecule has 0 saturated carbocycles. The molecule has 2 saturated heterocycles. The van der Waals surface area contributed by atoms with Gasteiger partial charge in [-0.1, -0.05) is 11.6 Å². The van der Waals surface area contributed by atoms with Crippen LogP contribution in [-0.4, -0.2) is 59.0 Å². The van der Waals surface area contributed by atoms with Crippen LogP contribution in [0.3, 0.4) is 0 Å². The summed E-state index contributed by atoms with van der Waals surface area (Å²) in [5.41, 5.74) is 5.79. The van der Waals surface area contributed by atoms with Gasteiger partial charge in [0.05, 0.1) is 16.8 Å². The Balaban J connectivity index is 0.000000892. The van der Waals surface area contributed by atoms with E-state index >= 15 is 0 Å². The molecule has 2 fully saturated rings. The number of imide groups is 1. The lowest BCUT2D eigenvalue weighted by molar-refractivity contribution is -0.139. The third-order valence-corrected chi connectivity index (χ3v) is 8.58. The minimum absolute atomic E-state index is 0.0868. The summed E-state index contributed by atoms with van der Waals surface area (Å²) in [5, 5.41) is 11.2. The monoisotopic (exact) mass is 540 g/mol. The first-order chi connectivity index (χ1) is 18.0. The van der Waals surface area contributed by atoms with Crippen LogP contribution in [0.1, 0.15) is 42.5 Å². The fraction of sp³-hybridized carbons (Fsp3) is 0.407. The molecule has 5 heterocycles. The lowest BCUT2D eigenvalue weighted by Gasteiger charge is -2.41. The number of likely N-dealkylation sites (tertiary alicyclic amines) is 1. The molecule has 10 heteroatoms. The molecule has 0 unspecified atom stereocenters. The average molecular weight is 541 g/mol. The molecule has 2 aromatic heterocycles. The Morgan fingerprint density at radius 1 is 1.14 bits per heavy atom. The van der Waals surface area contributed by atoms with Crippen LogP contribution in [0.4, 0.5) is 5.69 Å². The van der Waals surface area contributed by atoms with Crippen molar-refractivity contribution in [1.82, 2.24) is 15.2 Å². The number of benzene rings is 1. The van der Waals surface area contributed by atoms with Gasteiger partial charge in [0.1, 0.15) is 0 Å². The number of thiophene rings is 1. The molecule has 3 aromatic rings. The molecule has 3 aliphatic rings. The number of amides is 2. The summed E-state index contributed by atoms with van der Waals surface area (Å²) in [6.07, 6.45) is 7.03. The summed E-state index contributed by atoms with van der Waals surface area (Å²) in [6, 6.07) is 8.80. The predicted octanol–water partition coefficient (Wildman–Crippen LogP) is 4.47. The van der Waals surface area contributed by atoms with E-state index in [1.165, 1.54) is 29.0 Å². The first kappa shape index (κ1) is 25.6. The fourth-order valence-corrected chi connectivity index (χ4v) is 7.01. The lowest BCUT2D eigenvalue weighted by Crippen LogP contribution is -2.48. The maximum atomic E-state index is 12.1. The second-order valence-corrected chi connectivity index (χ2v) is 11.1. The number of carbonyl (C=O) groups excluding carboxylic acids is 2. The van der Waals surface area contributed by atoms with Crippen LogP contribution in [0, 0.1) is 0 Å². The van der Waals surface area contributed by atoms with Gasteiger partial charge >= 0.3 is 0 Å². The number of carboxylic acid groups (broad SMARTS) is 1. The molecule has 2 N–H and O–H groups in total. The fourth-order valence-electron chi connectivity index (χ4n) is 5.64. The first-order valence-electron chi connectivity index (χ1n) is 12.6. The lowest BCUT2D eigenvalue weighted by atomic mass is 9.91. The smallest absolute Gasteiger partial charge is 0.290 e. The Morgan fingerprint density at radius 3 is 2.65 bits per heavy atom. The molecule has 1 aromatic carbocycles. The molecule has 194 valence electrons. The number of anilines is 1. The Labute approximate surface area is 224 Å². The van der Waals surface area contributed by atoms with Gasteiger partial charge in [-0.05, 0) is 62.1 Å². The van der Waals surface area contributed by atoms with Crippen LogP contribution < -0.4 is 10.2 Å². The van der Waals surface area contributed by atoms with Crippen molar-refractivity contribution in [1.29, 1.82) is 0 Å². The largest absolute Gasteiger partial charge is 0.483 e. The molecular formula is C27H29ClN4O4S. The Bertz CT molecular complexity index is 1320. The Kier molecular flexibility index (Phi) is 7.73. The molecule has 37 heavy (non-hydrogen) atoms. The van der Waals surface area contributed by atoms with Crippen molar-refractivity contribution in [3.8, 4) is 11.1 Å². The number of carbonyl (C=O) groups is 3. The SMILES string of the molecule is O=C1CCC(=O)N1Cc1cc2nccc(-c3cc(Cl)cc4c3N([C@H]3CCCNC3)CCC4)c2s1.O=CO. The number of fused-ring (bicyclic) bond motifs is 2. The molecule has 2 amide bonds. The van der Waals surface area contributed by atoms with E-state index in [-0.39, 0.29) is 18.3 Å². The minimum atomic E-state index is -0.250. The van der Waals surface area contributed by atoms with E-state index in [0.717, 1.165) is 63.7 Å². The van der Waals surface area contributed by atoms with Crippen LogP contribution in [0.5, 0.6) is 0 Å². The van der Waals surface area contributed by atoms with E-state index in [1.54, 1.807) is 11.3 Å². The summed E-state index contributed by atoms with van der Waals surface area (Å²) >= 11 is 8.26. The number of aromatic nitrogens is 1. The van der Waals surface area contributed by atoms with Crippen molar-refractivity contribution in [2.75, 3.05) is 24.5 Å². The van der Waals surface area contributed by atoms with Gasteiger partial charge in [-0.25, -0.2) is 0 Å². The maximum Gasteiger partial charge on any atom is 0.290 e. The topological polar surface area (TPSA) is 103 Å². The zero-order valence-electron chi connectivity index (χ0n) is 20.4. The van der Waals surface area contributed by atoms with E-state index in [0.29, 0.717) is 25.4 Å². The number of rotatable bonds is 4. The van der Waals surface area contributed by atoms with Gasteiger partial charge in [0.2, 0.25) is 11.8 Å². The number of halogens is 1. The number of piperidine rings is 1. The van der Waals surface area contributed by atoms with Crippen molar-refractivity contribution >= 4 is 57.1 Å². The maximum absolute atomic E-state index is 12.1. The Hall–Kier alpha value is -3.01. The normalized spacial score (nSPS) is 19.5. The molecule has 0 radical (unpaired) electrons. The summed E-state index contributed by atoms with van der Waals surface area (Å²) in [5.74, 6) is -0.174. The quantitative estimate of drug-likeness (QED) is 0.372. The third-order valence-electron chi connectivity index (χ3n) is 7.22. The average Bonchev–Trinajstić information content (AvgIpc) is 3.46. The van der Waals surface area contributed by atoms with Crippen LogP contribution in [0.2, 0.25) is 5.02 Å². The van der Waals surface area contributed by atoms with Crippen molar-refractivity contribution in [2.24, 2.45) is 0 Å². The van der Waals surface area contributed by atoms with E-state index in [4.69, 9.17) is 21.5 Å². The molecule has 3 aliphatic heterocycles. The van der Waals surface area contributed by atoms with Crippen LogP contribution >= 0.6 is 22.9 Å². The summed E-state index contributed by atoms with van der Waals surface area (Å²) in [6.45, 7) is 3.23. The van der Waals surface area contributed by atoms with Gasteiger partial charge in [-0.15, -0.1) is 11.3 Å². The highest BCUT2D eigenvalue weighted by Gasteiger charge is 2.31. The number of nitrogens with zero attached hydrogens (tertiary/aromatic N) is 3. The molecule has 0 spiro atoms. The summed E-state index contributed by atoms with van der Waals surface area (Å²) < 4.78 is 1.08. The first-order valence-corrected chi connectivity index (χ1v) is 13.8. The summed E-state index contributed by atoms with van der Waals surface area (Å²) in [4.78, 5) is 42.2. The number of nitrogens with one attached hydrogen (secondary N) is 1. The second-order valence-electron chi connectivity index (χ2n) is 9.52. The van der Waals surface area contributed by atoms with E-state index in [1.807, 2.05) is 12.3 Å². The summed E-state index contributed by atoms with van der Waals surface area (Å²) in [7, 11) is 0. The van der Waals surface area contributed by atoms with E-state index in [2.05, 4.69) is 33.4 Å². The van der Waals surface area contributed by atoms with Gasteiger partial charge in [0.25, 0.3) is 6.47 Å². The van der Waals surface area contributed by atoms with Gasteiger partial charge in [0.15, 0.2) is 0 Å². The Morgan fingerprint density at radius 2 is 1.92 bits per heavy atom. The second kappa shape index (κ2) is 11.2. The molecule has 0 bridgehead atoms. The van der Waals surface area contributed by atoms with Crippen LogP contribution in [0.15, 0.2) is 30.5 Å². The van der Waals surface area contributed by atoms with Gasteiger partial charge < -0.3 is 15.3 Å². The van der Waals surface area contributed by atoms with E-state index in [9.17, 15) is 9.59 Å². The minimum Gasteiger partial charge on any atom is -0.483 e. The molecule has 0 aliphatic carbocycles. The van der Waals surface area contributed by atoms with Gasteiger partial charge in [-0.3, -0.25) is 24.3 Å². The third kappa shape index (κ3) is 5.21. The zero-order chi connectivity index (χ0) is 25.9. The number of pyridine rings is 1. The van der Waals surface area contributed by atoms with Crippen molar-refractivity contribution in [2.45, 2.75) is 51.1 Å². The molecule has 8 nitrogen and oxygen atoms in total. The highest BCUT2D eigenvalue weighted by molar-refractivity contribution is 7.19. The highest BCUT2D eigenvalue weighted by Crippen LogP contribution is 2.44. The van der Waals surface area contributed by atoms with Gasteiger partial charge in [0, 0.05) is 64.9 Å². The zero-order valence-corrected chi connectivity index (χ0v) is 22.0. The van der Waals surface area contributed by atoms with Crippen molar-refractivity contribution in [3.05, 3.63) is 45.9 Å². The predicted molar refractivity (Wildman–Crippen MR) is 145 cm³/mol. The number of hydrogen-bond acceptors (Lipinski definition) is 7. The van der Waals surface area contributed by atoms with Crippen LogP contribution in [-0.2, 0) is 27.3 Å². The van der Waals surface area contributed by atoms with Crippen molar-refractivity contribution < 1.29 is 19.5 Å². The van der Waals surface area contributed by atoms with Gasteiger partial charge in [-0.2, -0.15) is 0 Å². The number of hydrogen-bond donors (Lipinski definition) is 2. The molecule has 6 rings (SSSR count). The number of aryl methyl sites for hydroxylation is 1. The van der Waals surface area contributed by atoms with E-state index < -0.39 is 0 Å². The standard InChI is InChI=1S/C26H27ClN4O2S.CH2O2/c27-17-11-16-3-2-10-30(18-4-1-8-28-14-18)25(16)21(12-17)20-7-9-29-22-13-19(34-26(20)22)15-31-23(32)5-6-24(31)33;2-1-3/h7,9,11-13,18,28H,1-6,8,10,14-15H2;1H,(H,2,3)/t18-;/m0./s1. The van der Waals surface area contributed by atoms with Crippen LogP contribution in [0.25, 0.3) is 21.3 Å².